The number of likely N-dealkylation sites (tertiary alicyclic amines) is 1. The highest BCUT2D eigenvalue weighted by Gasteiger charge is 2.35. The zero-order valence-electron chi connectivity index (χ0n) is 16.8. The second-order valence-corrected chi connectivity index (χ2v) is 7.35. The second kappa shape index (κ2) is 8.97. The highest BCUT2D eigenvalue weighted by atomic mass is 19.4. The van der Waals surface area contributed by atoms with Crippen LogP contribution in [0.3, 0.4) is 0 Å². The van der Waals surface area contributed by atoms with Crippen molar-refractivity contribution in [1.29, 1.82) is 0 Å². The fraction of sp³-hybridized carbons (Fsp3) is 0.318. The van der Waals surface area contributed by atoms with Crippen LogP contribution in [-0.4, -0.2) is 34.1 Å². The Labute approximate surface area is 180 Å². The molecule has 1 aromatic heterocycles. The van der Waals surface area contributed by atoms with E-state index in [0.717, 1.165) is 18.9 Å². The lowest BCUT2D eigenvalue weighted by atomic mass is 10.0. The number of rotatable bonds is 5. The molecule has 2 aromatic carbocycles. The molecule has 0 radical (unpaired) electrons. The molecular formula is C22H19F4N3O3. The third kappa shape index (κ3) is 4.74. The van der Waals surface area contributed by atoms with Crippen molar-refractivity contribution in [2.24, 2.45) is 0 Å². The molecule has 1 amide bonds. The highest BCUT2D eigenvalue weighted by Crippen LogP contribution is 2.35. The number of ether oxygens (including phenoxy) is 1. The average molecular weight is 449 g/mol. The molecule has 1 unspecified atom stereocenters. The van der Waals surface area contributed by atoms with Crippen LogP contribution in [0.5, 0.6) is 5.75 Å². The number of piperidine rings is 1. The molecule has 0 aliphatic carbocycles. The fourth-order valence-corrected chi connectivity index (χ4v) is 3.60. The van der Waals surface area contributed by atoms with Gasteiger partial charge in [0, 0.05) is 12.1 Å². The summed E-state index contributed by atoms with van der Waals surface area (Å²) >= 11 is 0. The fourth-order valence-electron chi connectivity index (χ4n) is 3.60. The first-order chi connectivity index (χ1) is 15.3. The van der Waals surface area contributed by atoms with Gasteiger partial charge in [-0.3, -0.25) is 4.79 Å². The standard InChI is InChI=1S/C22H19F4N3O3/c23-17-10-9-14(12-16(17)22(24,25)26)20-27-21(32-28-20)18-8-4-5-11-29(18)19(30)13-31-15-6-2-1-3-7-15/h1-3,6-7,9-10,12,18H,4-5,8,11,13H2. The quantitative estimate of drug-likeness (QED) is 0.512. The van der Waals surface area contributed by atoms with Gasteiger partial charge in [0.15, 0.2) is 6.61 Å². The topological polar surface area (TPSA) is 68.5 Å². The monoisotopic (exact) mass is 449 g/mol. The van der Waals surface area contributed by atoms with Crippen LogP contribution in [0.1, 0.15) is 36.8 Å². The molecule has 6 nitrogen and oxygen atoms in total. The van der Waals surface area contributed by atoms with Crippen molar-refractivity contribution in [3.05, 3.63) is 65.8 Å². The second-order valence-electron chi connectivity index (χ2n) is 7.35. The maximum absolute atomic E-state index is 13.6. The van der Waals surface area contributed by atoms with Gasteiger partial charge in [0.25, 0.3) is 5.91 Å². The van der Waals surface area contributed by atoms with E-state index >= 15 is 0 Å². The summed E-state index contributed by atoms with van der Waals surface area (Å²) in [5.41, 5.74) is -1.44. The van der Waals surface area contributed by atoms with Crippen LogP contribution in [0, 0.1) is 5.82 Å². The molecule has 2 heterocycles. The molecule has 1 fully saturated rings. The van der Waals surface area contributed by atoms with Crippen LogP contribution in [0.15, 0.2) is 53.1 Å². The van der Waals surface area contributed by atoms with Crippen LogP contribution in [0.4, 0.5) is 17.6 Å². The Morgan fingerprint density at radius 1 is 1.16 bits per heavy atom. The molecule has 3 aromatic rings. The van der Waals surface area contributed by atoms with Gasteiger partial charge in [-0.1, -0.05) is 23.4 Å². The number of aromatic nitrogens is 2. The summed E-state index contributed by atoms with van der Waals surface area (Å²) in [6.45, 7) is 0.294. The normalized spacial score (nSPS) is 16.8. The molecule has 10 heteroatoms. The van der Waals surface area contributed by atoms with Crippen LogP contribution < -0.4 is 4.74 Å². The van der Waals surface area contributed by atoms with Gasteiger partial charge in [-0.25, -0.2) is 4.39 Å². The molecule has 0 saturated carbocycles. The number of carbonyl (C=O) groups excluding carboxylic acids is 1. The number of hydrogen-bond donors (Lipinski definition) is 0. The first-order valence-corrected chi connectivity index (χ1v) is 10.0. The molecule has 1 aliphatic rings. The van der Waals surface area contributed by atoms with E-state index in [1.807, 2.05) is 6.07 Å². The first kappa shape index (κ1) is 21.8. The Morgan fingerprint density at radius 2 is 1.94 bits per heavy atom. The Bertz CT molecular complexity index is 1090. The van der Waals surface area contributed by atoms with Gasteiger partial charge in [0.05, 0.1) is 5.56 Å². The maximum atomic E-state index is 13.6. The molecule has 0 bridgehead atoms. The number of amides is 1. The summed E-state index contributed by atoms with van der Waals surface area (Å²) in [5, 5.41) is 3.76. The van der Waals surface area contributed by atoms with Crippen molar-refractivity contribution >= 4 is 5.91 Å². The van der Waals surface area contributed by atoms with Gasteiger partial charge < -0.3 is 14.2 Å². The van der Waals surface area contributed by atoms with Gasteiger partial charge in [-0.2, -0.15) is 18.2 Å². The SMILES string of the molecule is O=C(COc1ccccc1)N1CCCCC1c1nc(-c2ccc(F)c(C(F)(F)F)c2)no1. The summed E-state index contributed by atoms with van der Waals surface area (Å²) in [6.07, 6.45) is -2.67. The zero-order chi connectivity index (χ0) is 22.7. The average Bonchev–Trinajstić information content (AvgIpc) is 3.28. The van der Waals surface area contributed by atoms with Crippen molar-refractivity contribution in [2.45, 2.75) is 31.5 Å². The third-order valence-electron chi connectivity index (χ3n) is 5.19. The molecule has 4 rings (SSSR count). The van der Waals surface area contributed by atoms with Gasteiger partial charge in [0.1, 0.15) is 17.6 Å². The number of carbonyl (C=O) groups is 1. The molecule has 32 heavy (non-hydrogen) atoms. The Morgan fingerprint density at radius 3 is 2.69 bits per heavy atom. The molecule has 1 aliphatic heterocycles. The summed E-state index contributed by atoms with van der Waals surface area (Å²) in [4.78, 5) is 18.6. The van der Waals surface area contributed by atoms with E-state index in [2.05, 4.69) is 10.1 Å². The van der Waals surface area contributed by atoms with Crippen LogP contribution >= 0.6 is 0 Å². The molecule has 1 atom stereocenters. The summed E-state index contributed by atoms with van der Waals surface area (Å²) in [7, 11) is 0. The van der Waals surface area contributed by atoms with E-state index in [9.17, 15) is 22.4 Å². The third-order valence-corrected chi connectivity index (χ3v) is 5.19. The maximum Gasteiger partial charge on any atom is 0.419 e. The molecule has 168 valence electrons. The van der Waals surface area contributed by atoms with E-state index in [0.29, 0.717) is 30.8 Å². The van der Waals surface area contributed by atoms with Crippen LogP contribution in [0.2, 0.25) is 0 Å². The van der Waals surface area contributed by atoms with E-state index in [1.54, 1.807) is 29.2 Å². The van der Waals surface area contributed by atoms with E-state index < -0.39 is 23.6 Å². The molecular weight excluding hydrogens is 430 g/mol. The van der Waals surface area contributed by atoms with Crippen LogP contribution in [0.25, 0.3) is 11.4 Å². The van der Waals surface area contributed by atoms with E-state index in [4.69, 9.17) is 9.26 Å². The Balaban J connectivity index is 1.52. The predicted octanol–water partition coefficient (Wildman–Crippen LogP) is 5.03. The van der Waals surface area contributed by atoms with Crippen molar-refractivity contribution in [3.63, 3.8) is 0 Å². The van der Waals surface area contributed by atoms with Gasteiger partial charge in [-0.15, -0.1) is 0 Å². The van der Waals surface area contributed by atoms with Gasteiger partial charge in [0.2, 0.25) is 11.7 Å². The number of para-hydroxylation sites is 1. The smallest absolute Gasteiger partial charge is 0.419 e. The molecule has 0 spiro atoms. The largest absolute Gasteiger partial charge is 0.484 e. The predicted molar refractivity (Wildman–Crippen MR) is 105 cm³/mol. The van der Waals surface area contributed by atoms with E-state index in [1.165, 1.54) is 0 Å². The summed E-state index contributed by atoms with van der Waals surface area (Å²) in [6, 6.07) is 10.9. The van der Waals surface area contributed by atoms with Crippen LogP contribution in [-0.2, 0) is 11.0 Å². The van der Waals surface area contributed by atoms with Crippen molar-refractivity contribution in [2.75, 3.05) is 13.2 Å². The minimum Gasteiger partial charge on any atom is -0.484 e. The first-order valence-electron chi connectivity index (χ1n) is 10.0. The minimum atomic E-state index is -4.85. The van der Waals surface area contributed by atoms with Crippen molar-refractivity contribution in [3.8, 4) is 17.1 Å². The van der Waals surface area contributed by atoms with Gasteiger partial charge in [-0.05, 0) is 49.6 Å². The Hall–Kier alpha value is -3.43. The summed E-state index contributed by atoms with van der Waals surface area (Å²) < 4.78 is 63.4. The van der Waals surface area contributed by atoms with Crippen molar-refractivity contribution in [1.82, 2.24) is 15.0 Å². The molecule has 0 N–H and O–H groups in total. The summed E-state index contributed by atoms with van der Waals surface area (Å²) in [5.74, 6) is -1.08. The number of nitrogens with zero attached hydrogens (tertiary/aromatic N) is 3. The van der Waals surface area contributed by atoms with Crippen molar-refractivity contribution < 1.29 is 31.6 Å². The number of hydrogen-bond acceptors (Lipinski definition) is 5. The Kier molecular flexibility index (Phi) is 6.11. The number of benzene rings is 2. The minimum absolute atomic E-state index is 0.0326. The lowest BCUT2D eigenvalue weighted by Crippen LogP contribution is -2.41. The number of halogens is 4. The van der Waals surface area contributed by atoms with Gasteiger partial charge >= 0.3 is 6.18 Å². The lowest BCUT2D eigenvalue weighted by Gasteiger charge is -2.33. The lowest BCUT2D eigenvalue weighted by molar-refractivity contribution is -0.140. The van der Waals surface area contributed by atoms with E-state index in [-0.39, 0.29) is 29.8 Å². The molecule has 1 saturated heterocycles. The number of alkyl halides is 3. The zero-order valence-corrected chi connectivity index (χ0v) is 16.8. The highest BCUT2D eigenvalue weighted by molar-refractivity contribution is 5.78.